The molecule has 1 aromatic rings. The Morgan fingerprint density at radius 1 is 1.32 bits per heavy atom. The highest BCUT2D eigenvalue weighted by Crippen LogP contribution is 2.29. The number of likely N-dealkylation sites (tertiary alicyclic amines) is 1. The summed E-state index contributed by atoms with van der Waals surface area (Å²) < 4.78 is 2.37. The highest BCUT2D eigenvalue weighted by Gasteiger charge is 2.25. The van der Waals surface area contributed by atoms with Crippen LogP contribution < -0.4 is 0 Å². The molecule has 0 bridgehead atoms. The van der Waals surface area contributed by atoms with Gasteiger partial charge in [-0.25, -0.2) is 4.98 Å². The van der Waals surface area contributed by atoms with Gasteiger partial charge in [-0.2, -0.15) is 0 Å². The zero-order valence-electron chi connectivity index (χ0n) is 11.9. The molecule has 3 rings (SSSR count). The Bertz CT molecular complexity index is 429. The standard InChI is InChI=1S/C15H25N3O/c1-17-6-2-4-12(10-17)8-15-16-9-14-13(11-19)5-3-7-18(14)15/h9,12-13,19H,2-8,10-11H2,1H3. The fourth-order valence-electron chi connectivity index (χ4n) is 3.70. The fourth-order valence-corrected chi connectivity index (χ4v) is 3.70. The van der Waals surface area contributed by atoms with Gasteiger partial charge in [-0.1, -0.05) is 0 Å². The molecule has 1 N–H and O–H groups in total. The van der Waals surface area contributed by atoms with E-state index in [4.69, 9.17) is 0 Å². The smallest absolute Gasteiger partial charge is 0.109 e. The van der Waals surface area contributed by atoms with Crippen LogP contribution in [0.2, 0.25) is 0 Å². The van der Waals surface area contributed by atoms with Crippen molar-refractivity contribution < 1.29 is 5.11 Å². The first-order chi connectivity index (χ1) is 9.28. The van der Waals surface area contributed by atoms with Gasteiger partial charge >= 0.3 is 0 Å². The molecule has 2 atom stereocenters. The Morgan fingerprint density at radius 2 is 2.16 bits per heavy atom. The van der Waals surface area contributed by atoms with Crippen LogP contribution in [0.3, 0.4) is 0 Å². The van der Waals surface area contributed by atoms with Crippen molar-refractivity contribution in [3.8, 4) is 0 Å². The van der Waals surface area contributed by atoms with Crippen molar-refractivity contribution in [3.63, 3.8) is 0 Å². The maximum absolute atomic E-state index is 9.46. The van der Waals surface area contributed by atoms with Crippen molar-refractivity contribution >= 4 is 0 Å². The number of rotatable bonds is 3. The molecule has 1 fully saturated rings. The molecule has 1 aromatic heterocycles. The van der Waals surface area contributed by atoms with Gasteiger partial charge in [0.05, 0.1) is 6.61 Å². The van der Waals surface area contributed by atoms with Crippen molar-refractivity contribution in [1.29, 1.82) is 0 Å². The van der Waals surface area contributed by atoms with Crippen molar-refractivity contribution in [2.24, 2.45) is 5.92 Å². The number of hydrogen-bond donors (Lipinski definition) is 1. The first-order valence-electron chi connectivity index (χ1n) is 7.61. The molecule has 2 aliphatic rings. The molecule has 0 aliphatic carbocycles. The van der Waals surface area contributed by atoms with Crippen LogP contribution in [0.5, 0.6) is 0 Å². The van der Waals surface area contributed by atoms with Crippen LogP contribution in [0.4, 0.5) is 0 Å². The molecule has 2 unspecified atom stereocenters. The highest BCUT2D eigenvalue weighted by molar-refractivity contribution is 5.14. The highest BCUT2D eigenvalue weighted by atomic mass is 16.3. The topological polar surface area (TPSA) is 41.3 Å². The van der Waals surface area contributed by atoms with Crippen LogP contribution >= 0.6 is 0 Å². The van der Waals surface area contributed by atoms with Crippen molar-refractivity contribution in [2.45, 2.75) is 44.6 Å². The van der Waals surface area contributed by atoms with Gasteiger partial charge in [-0.3, -0.25) is 0 Å². The van der Waals surface area contributed by atoms with Gasteiger partial charge < -0.3 is 14.6 Å². The SMILES string of the molecule is CN1CCCC(Cc2ncc3n2CCCC3CO)C1. The summed E-state index contributed by atoms with van der Waals surface area (Å²) in [5, 5.41) is 9.46. The summed E-state index contributed by atoms with van der Waals surface area (Å²) >= 11 is 0. The van der Waals surface area contributed by atoms with E-state index in [2.05, 4.69) is 21.5 Å². The second-order valence-electron chi connectivity index (χ2n) is 6.25. The normalized spacial score (nSPS) is 28.3. The van der Waals surface area contributed by atoms with Gasteiger partial charge in [-0.05, 0) is 45.2 Å². The van der Waals surface area contributed by atoms with E-state index in [0.29, 0.717) is 5.92 Å². The van der Waals surface area contributed by atoms with E-state index in [0.717, 1.165) is 25.3 Å². The molecular formula is C15H25N3O. The third-order valence-corrected chi connectivity index (χ3v) is 4.74. The molecule has 0 aromatic carbocycles. The number of nitrogens with zero attached hydrogens (tertiary/aromatic N) is 3. The van der Waals surface area contributed by atoms with Crippen LogP contribution in [0.25, 0.3) is 0 Å². The molecule has 0 radical (unpaired) electrons. The summed E-state index contributed by atoms with van der Waals surface area (Å²) in [4.78, 5) is 7.08. The molecule has 19 heavy (non-hydrogen) atoms. The maximum Gasteiger partial charge on any atom is 0.109 e. The molecule has 0 spiro atoms. The summed E-state index contributed by atoms with van der Waals surface area (Å²) in [5.41, 5.74) is 1.26. The van der Waals surface area contributed by atoms with E-state index in [1.807, 2.05) is 6.20 Å². The zero-order valence-corrected chi connectivity index (χ0v) is 11.9. The van der Waals surface area contributed by atoms with Gasteiger partial charge in [0.1, 0.15) is 5.82 Å². The summed E-state index contributed by atoms with van der Waals surface area (Å²) in [7, 11) is 2.22. The monoisotopic (exact) mass is 263 g/mol. The number of hydrogen-bond acceptors (Lipinski definition) is 3. The Balaban J connectivity index is 1.73. The van der Waals surface area contributed by atoms with Gasteiger partial charge in [0.25, 0.3) is 0 Å². The van der Waals surface area contributed by atoms with E-state index in [-0.39, 0.29) is 6.61 Å². The van der Waals surface area contributed by atoms with E-state index in [9.17, 15) is 5.11 Å². The molecule has 3 heterocycles. The minimum absolute atomic E-state index is 0.261. The van der Waals surface area contributed by atoms with Crippen molar-refractivity contribution in [2.75, 3.05) is 26.7 Å². The van der Waals surface area contributed by atoms with E-state index >= 15 is 0 Å². The molecule has 4 nitrogen and oxygen atoms in total. The largest absolute Gasteiger partial charge is 0.396 e. The van der Waals surface area contributed by atoms with Crippen LogP contribution in [-0.4, -0.2) is 46.3 Å². The molecule has 106 valence electrons. The minimum Gasteiger partial charge on any atom is -0.396 e. The lowest BCUT2D eigenvalue weighted by Gasteiger charge is -2.30. The molecule has 2 aliphatic heterocycles. The number of aliphatic hydroxyl groups excluding tert-OH is 1. The lowest BCUT2D eigenvalue weighted by molar-refractivity contribution is 0.205. The van der Waals surface area contributed by atoms with E-state index in [1.165, 1.54) is 43.9 Å². The van der Waals surface area contributed by atoms with Gasteiger partial charge in [-0.15, -0.1) is 0 Å². The number of fused-ring (bicyclic) bond motifs is 1. The summed E-state index contributed by atoms with van der Waals surface area (Å²) in [5.74, 6) is 2.30. The van der Waals surface area contributed by atoms with Gasteiger partial charge in [0, 0.05) is 37.3 Å². The lowest BCUT2D eigenvalue weighted by atomic mass is 9.94. The van der Waals surface area contributed by atoms with Crippen LogP contribution in [-0.2, 0) is 13.0 Å². The van der Waals surface area contributed by atoms with E-state index < -0.39 is 0 Å². The number of piperidine rings is 1. The Kier molecular flexibility index (Phi) is 3.89. The summed E-state index contributed by atoms with van der Waals surface area (Å²) in [6, 6.07) is 0. The van der Waals surface area contributed by atoms with Gasteiger partial charge in [0.15, 0.2) is 0 Å². The average Bonchev–Trinajstić information content (AvgIpc) is 2.82. The maximum atomic E-state index is 9.46. The molecule has 4 heteroatoms. The minimum atomic E-state index is 0.261. The van der Waals surface area contributed by atoms with Crippen LogP contribution in [0, 0.1) is 5.92 Å². The quantitative estimate of drug-likeness (QED) is 0.901. The van der Waals surface area contributed by atoms with Crippen LogP contribution in [0.15, 0.2) is 6.20 Å². The number of aliphatic hydroxyl groups is 1. The molecule has 1 saturated heterocycles. The average molecular weight is 263 g/mol. The predicted molar refractivity (Wildman–Crippen MR) is 75.2 cm³/mol. The lowest BCUT2D eigenvalue weighted by Crippen LogP contribution is -2.33. The number of aromatic nitrogens is 2. The Labute approximate surface area is 115 Å². The van der Waals surface area contributed by atoms with E-state index in [1.54, 1.807) is 0 Å². The molecule has 0 saturated carbocycles. The van der Waals surface area contributed by atoms with Gasteiger partial charge in [0.2, 0.25) is 0 Å². The molecular weight excluding hydrogens is 238 g/mol. The van der Waals surface area contributed by atoms with Crippen molar-refractivity contribution in [3.05, 3.63) is 17.7 Å². The van der Waals surface area contributed by atoms with Crippen molar-refractivity contribution in [1.82, 2.24) is 14.5 Å². The summed E-state index contributed by atoms with van der Waals surface area (Å²) in [6.45, 7) is 3.79. The first-order valence-corrected chi connectivity index (χ1v) is 7.61. The Hall–Kier alpha value is -0.870. The van der Waals surface area contributed by atoms with Crippen LogP contribution in [0.1, 0.15) is 43.1 Å². The first kappa shape index (κ1) is 13.1. The third kappa shape index (κ3) is 2.70. The molecule has 0 amide bonds. The predicted octanol–water partition coefficient (Wildman–Crippen LogP) is 1.64. The second kappa shape index (κ2) is 5.63. The third-order valence-electron chi connectivity index (χ3n) is 4.74. The fraction of sp³-hybridized carbons (Fsp3) is 0.800. The zero-order chi connectivity index (χ0) is 13.2. The Morgan fingerprint density at radius 3 is 2.95 bits per heavy atom. The second-order valence-corrected chi connectivity index (χ2v) is 6.25. The summed E-state index contributed by atoms with van der Waals surface area (Å²) in [6.07, 6.45) is 8.02. The number of imidazole rings is 1.